The number of para-hydroxylation sites is 1. The minimum Gasteiger partial charge on any atom is -0.478 e. The zero-order chi connectivity index (χ0) is 19.3. The predicted molar refractivity (Wildman–Crippen MR) is 95.7 cm³/mol. The van der Waals surface area contributed by atoms with Gasteiger partial charge in [0, 0.05) is 41.1 Å². The molecule has 0 radical (unpaired) electrons. The highest BCUT2D eigenvalue weighted by Gasteiger charge is 2.37. The second kappa shape index (κ2) is 6.16. The van der Waals surface area contributed by atoms with Crippen molar-refractivity contribution in [1.82, 2.24) is 0 Å². The summed E-state index contributed by atoms with van der Waals surface area (Å²) in [5.74, 6) is -5.71. The van der Waals surface area contributed by atoms with Gasteiger partial charge in [-0.15, -0.1) is 0 Å². The zero-order valence-electron chi connectivity index (χ0n) is 14.2. The van der Waals surface area contributed by atoms with E-state index in [-0.39, 0.29) is 11.1 Å². The Balaban J connectivity index is 2.06. The molecule has 1 unspecified atom stereocenters. The smallest absolute Gasteiger partial charge is 0.336 e. The zero-order valence-corrected chi connectivity index (χ0v) is 14.2. The van der Waals surface area contributed by atoms with E-state index in [1.165, 1.54) is 6.08 Å². The van der Waals surface area contributed by atoms with Gasteiger partial charge in [0.25, 0.3) is 0 Å². The van der Waals surface area contributed by atoms with E-state index in [4.69, 9.17) is 0 Å². The number of fused-ring (bicyclic) bond motifs is 2. The van der Waals surface area contributed by atoms with Crippen LogP contribution in [0.3, 0.4) is 0 Å². The van der Waals surface area contributed by atoms with E-state index in [0.29, 0.717) is 23.0 Å². The first-order valence-electron chi connectivity index (χ1n) is 8.24. The van der Waals surface area contributed by atoms with Gasteiger partial charge in [-0.05, 0) is 24.3 Å². The maximum absolute atomic E-state index is 14.5. The number of anilines is 1. The molecule has 1 heterocycles. The van der Waals surface area contributed by atoms with Crippen molar-refractivity contribution in [1.29, 1.82) is 0 Å². The molecule has 6 heteroatoms. The summed E-state index contributed by atoms with van der Waals surface area (Å²) in [6.45, 7) is 0. The van der Waals surface area contributed by atoms with Crippen LogP contribution in [0.4, 0.5) is 18.9 Å². The van der Waals surface area contributed by atoms with Crippen LogP contribution < -0.4 is 4.90 Å². The second-order valence-corrected chi connectivity index (χ2v) is 6.34. The lowest BCUT2D eigenvalue weighted by atomic mass is 9.78. The highest BCUT2D eigenvalue weighted by atomic mass is 19.2. The molecule has 4 rings (SSSR count). The minimum absolute atomic E-state index is 0.0487. The molecule has 27 heavy (non-hydrogen) atoms. The van der Waals surface area contributed by atoms with Crippen molar-refractivity contribution in [3.05, 3.63) is 94.5 Å². The van der Waals surface area contributed by atoms with Crippen LogP contribution in [0.5, 0.6) is 0 Å². The summed E-state index contributed by atoms with van der Waals surface area (Å²) >= 11 is 0. The molecule has 2 aromatic carbocycles. The Kier molecular flexibility index (Phi) is 3.91. The highest BCUT2D eigenvalue weighted by Crippen LogP contribution is 2.48. The van der Waals surface area contributed by atoms with Gasteiger partial charge in [-0.1, -0.05) is 30.4 Å². The molecule has 3 nitrogen and oxygen atoms in total. The lowest BCUT2D eigenvalue weighted by molar-refractivity contribution is -0.130. The lowest BCUT2D eigenvalue weighted by Gasteiger charge is -2.37. The van der Waals surface area contributed by atoms with Gasteiger partial charge in [0.05, 0.1) is 5.57 Å². The number of carboxylic acids is 1. The Morgan fingerprint density at radius 3 is 2.52 bits per heavy atom. The summed E-state index contributed by atoms with van der Waals surface area (Å²) in [7, 11) is 1.75. The Morgan fingerprint density at radius 2 is 1.78 bits per heavy atom. The van der Waals surface area contributed by atoms with E-state index in [1.807, 2.05) is 0 Å². The molecule has 0 amide bonds. The molecule has 0 bridgehead atoms. The van der Waals surface area contributed by atoms with Crippen LogP contribution in [0.1, 0.15) is 17.0 Å². The molecule has 2 aromatic rings. The first-order valence-corrected chi connectivity index (χ1v) is 8.24. The van der Waals surface area contributed by atoms with Gasteiger partial charge in [-0.2, -0.15) is 0 Å². The lowest BCUT2D eigenvalue weighted by Crippen LogP contribution is -2.29. The molecule has 0 saturated heterocycles. The largest absolute Gasteiger partial charge is 0.478 e. The normalized spacial score (nSPS) is 18.1. The molecule has 0 saturated carbocycles. The van der Waals surface area contributed by atoms with Gasteiger partial charge < -0.3 is 10.0 Å². The van der Waals surface area contributed by atoms with Crippen LogP contribution in [-0.2, 0) is 4.79 Å². The van der Waals surface area contributed by atoms with Gasteiger partial charge >= 0.3 is 5.97 Å². The fourth-order valence-electron chi connectivity index (χ4n) is 3.73. The number of nitrogens with zero attached hydrogens (tertiary/aromatic N) is 1. The number of hydrogen-bond acceptors (Lipinski definition) is 2. The number of carbonyl (C=O) groups is 1. The average molecular weight is 369 g/mol. The molecule has 0 fully saturated rings. The molecular weight excluding hydrogens is 355 g/mol. The van der Waals surface area contributed by atoms with Crippen LogP contribution in [0, 0.1) is 17.5 Å². The number of allylic oxidation sites excluding steroid dienone is 4. The van der Waals surface area contributed by atoms with Gasteiger partial charge in [-0.25, -0.2) is 18.0 Å². The molecular formula is C21H14F3NO2. The van der Waals surface area contributed by atoms with E-state index in [0.717, 1.165) is 6.07 Å². The maximum atomic E-state index is 14.5. The first kappa shape index (κ1) is 17.1. The van der Waals surface area contributed by atoms with E-state index in [2.05, 4.69) is 0 Å². The van der Waals surface area contributed by atoms with Gasteiger partial charge in [0.2, 0.25) is 0 Å². The van der Waals surface area contributed by atoms with Crippen molar-refractivity contribution in [3.63, 3.8) is 0 Å². The summed E-state index contributed by atoms with van der Waals surface area (Å²) in [6, 6.07) is 8.46. The number of halogens is 3. The first-order chi connectivity index (χ1) is 12.9. The highest BCUT2D eigenvalue weighted by molar-refractivity contribution is 6.20. The number of hydrogen-bond donors (Lipinski definition) is 1. The molecule has 1 aliphatic heterocycles. The fraction of sp³-hybridized carbons (Fsp3) is 0.0952. The molecule has 0 aromatic heterocycles. The van der Waals surface area contributed by atoms with Crippen LogP contribution in [0.15, 0.2) is 65.9 Å². The summed E-state index contributed by atoms with van der Waals surface area (Å²) in [4.78, 5) is 13.9. The quantitative estimate of drug-likeness (QED) is 0.785. The third-order valence-corrected chi connectivity index (χ3v) is 4.91. The van der Waals surface area contributed by atoms with Crippen molar-refractivity contribution in [3.8, 4) is 0 Å². The van der Waals surface area contributed by atoms with Crippen molar-refractivity contribution in [2.75, 3.05) is 11.9 Å². The maximum Gasteiger partial charge on any atom is 0.336 e. The standard InChI is InChI=1S/C21H14F3NO2/c1-25-15-7-3-2-5-11(15)19(21(26)27)18-12(6-4-8-16(18)25)17-13(22)9-10-14(23)20(17)24/h2-10,12H,1H3,(H,26,27). The van der Waals surface area contributed by atoms with Crippen molar-refractivity contribution in [2.24, 2.45) is 0 Å². The van der Waals surface area contributed by atoms with E-state index in [9.17, 15) is 23.1 Å². The molecule has 136 valence electrons. The predicted octanol–water partition coefficient (Wildman–Crippen LogP) is 4.63. The van der Waals surface area contributed by atoms with E-state index in [1.54, 1.807) is 48.4 Å². The Hall–Kier alpha value is -3.28. The van der Waals surface area contributed by atoms with Gasteiger partial charge in [0.1, 0.15) is 5.82 Å². The Labute approximate surface area is 153 Å². The molecule has 2 aliphatic rings. The third-order valence-electron chi connectivity index (χ3n) is 4.91. The SMILES string of the molecule is CN1C2=CC=CC(c3c(F)ccc(F)c3F)C2=C(C(=O)O)c2ccccc21. The summed E-state index contributed by atoms with van der Waals surface area (Å²) in [5, 5.41) is 9.88. The number of rotatable bonds is 2. The Morgan fingerprint density at radius 1 is 1.07 bits per heavy atom. The summed E-state index contributed by atoms with van der Waals surface area (Å²) < 4.78 is 42.7. The monoisotopic (exact) mass is 369 g/mol. The summed E-state index contributed by atoms with van der Waals surface area (Å²) in [5.41, 5.74) is 1.29. The minimum atomic E-state index is -1.32. The molecule has 1 aliphatic carbocycles. The number of carboxylic acid groups (broad SMARTS) is 1. The topological polar surface area (TPSA) is 40.5 Å². The van der Waals surface area contributed by atoms with Crippen LogP contribution in [-0.4, -0.2) is 18.1 Å². The number of likely N-dealkylation sites (N-methyl/N-ethyl adjacent to an activating group) is 1. The number of benzene rings is 2. The van der Waals surface area contributed by atoms with E-state index < -0.39 is 34.9 Å². The van der Waals surface area contributed by atoms with Gasteiger partial charge in [-0.3, -0.25) is 0 Å². The third kappa shape index (κ3) is 2.48. The average Bonchev–Trinajstić information content (AvgIpc) is 2.65. The Bertz CT molecular complexity index is 1070. The van der Waals surface area contributed by atoms with Crippen LogP contribution in [0.2, 0.25) is 0 Å². The van der Waals surface area contributed by atoms with E-state index >= 15 is 0 Å². The van der Waals surface area contributed by atoms with Crippen LogP contribution >= 0.6 is 0 Å². The molecule has 1 atom stereocenters. The molecule has 1 N–H and O–H groups in total. The molecule has 0 spiro atoms. The fourth-order valence-corrected chi connectivity index (χ4v) is 3.73. The summed E-state index contributed by atoms with van der Waals surface area (Å²) in [6.07, 6.45) is 4.75. The van der Waals surface area contributed by atoms with Crippen molar-refractivity contribution < 1.29 is 23.1 Å². The van der Waals surface area contributed by atoms with Gasteiger partial charge in [0.15, 0.2) is 11.6 Å². The van der Waals surface area contributed by atoms with Crippen LogP contribution in [0.25, 0.3) is 5.57 Å². The second-order valence-electron chi connectivity index (χ2n) is 6.34. The van der Waals surface area contributed by atoms with Crippen molar-refractivity contribution in [2.45, 2.75) is 5.92 Å². The van der Waals surface area contributed by atoms with Crippen molar-refractivity contribution >= 4 is 17.2 Å². The number of aliphatic carboxylic acids is 1.